The third-order valence-corrected chi connectivity index (χ3v) is 6.40. The van der Waals surface area contributed by atoms with Crippen molar-refractivity contribution in [2.45, 2.75) is 12.7 Å². The number of carbonyl (C=O) groups excluding carboxylic acids is 1. The van der Waals surface area contributed by atoms with Crippen LogP contribution >= 0.6 is 11.6 Å². The summed E-state index contributed by atoms with van der Waals surface area (Å²) in [6.07, 6.45) is -3.82. The number of hydrogen-bond acceptors (Lipinski definition) is 4. The fraction of sp³-hybridized carbons (Fsp3) is 0.208. The Kier molecular flexibility index (Phi) is 8.47. The molecule has 0 aliphatic rings. The van der Waals surface area contributed by atoms with Gasteiger partial charge in [-0.3, -0.25) is 9.10 Å². The lowest BCUT2D eigenvalue weighted by molar-refractivity contribution is -0.137. The van der Waals surface area contributed by atoms with Crippen LogP contribution in [0.4, 0.5) is 23.2 Å². The number of nitrogens with zero attached hydrogens (tertiary/aromatic N) is 1. The molecule has 192 valence electrons. The Morgan fingerprint density at radius 2 is 1.67 bits per heavy atom. The van der Waals surface area contributed by atoms with E-state index >= 15 is 0 Å². The molecule has 0 aliphatic heterocycles. The van der Waals surface area contributed by atoms with Crippen molar-refractivity contribution in [3.8, 4) is 5.75 Å². The van der Waals surface area contributed by atoms with Gasteiger partial charge < -0.3 is 10.1 Å². The van der Waals surface area contributed by atoms with Gasteiger partial charge in [0.2, 0.25) is 10.0 Å². The Morgan fingerprint density at radius 1 is 1.03 bits per heavy atom. The zero-order valence-corrected chi connectivity index (χ0v) is 20.4. The largest absolute Gasteiger partial charge is 0.492 e. The van der Waals surface area contributed by atoms with Crippen LogP contribution in [0.25, 0.3) is 0 Å². The maximum Gasteiger partial charge on any atom is 0.416 e. The average molecular weight is 545 g/mol. The molecule has 3 aromatic carbocycles. The standard InChI is InChI=1S/C24H21ClF4N2O4S/c1-36(33,34)31(22-14-18(24(27,28)29)6-11-21(22)25)15-16-2-4-17(5-3-16)23(32)30-12-13-35-20-9-7-19(26)8-10-20/h2-11,14H,12-13,15H2,1H3,(H,30,32). The molecule has 0 fully saturated rings. The molecule has 0 bridgehead atoms. The molecule has 12 heteroatoms. The molecule has 0 aliphatic carbocycles. The molecule has 3 rings (SSSR count). The summed E-state index contributed by atoms with van der Waals surface area (Å²) >= 11 is 6.03. The van der Waals surface area contributed by atoms with E-state index in [1.54, 1.807) is 0 Å². The number of halogens is 5. The molecule has 0 aromatic heterocycles. The molecule has 36 heavy (non-hydrogen) atoms. The summed E-state index contributed by atoms with van der Waals surface area (Å²) in [6.45, 7) is 0.0255. The molecule has 0 heterocycles. The van der Waals surface area contributed by atoms with Crippen LogP contribution in [0.2, 0.25) is 5.02 Å². The van der Waals surface area contributed by atoms with Crippen molar-refractivity contribution in [2.24, 2.45) is 0 Å². The van der Waals surface area contributed by atoms with Gasteiger partial charge in [0.1, 0.15) is 18.2 Å². The van der Waals surface area contributed by atoms with Crippen molar-refractivity contribution in [3.63, 3.8) is 0 Å². The predicted octanol–water partition coefficient (Wildman–Crippen LogP) is 5.27. The van der Waals surface area contributed by atoms with Gasteiger partial charge in [-0.25, -0.2) is 12.8 Å². The SMILES string of the molecule is CS(=O)(=O)N(Cc1ccc(C(=O)NCCOc2ccc(F)cc2)cc1)c1cc(C(F)(F)F)ccc1Cl. The van der Waals surface area contributed by atoms with E-state index in [9.17, 15) is 30.8 Å². The number of hydrogen-bond donors (Lipinski definition) is 1. The fourth-order valence-corrected chi connectivity index (χ4v) is 4.32. The molecular weight excluding hydrogens is 524 g/mol. The molecule has 0 atom stereocenters. The van der Waals surface area contributed by atoms with E-state index in [1.807, 2.05) is 0 Å². The zero-order chi connectivity index (χ0) is 26.5. The molecular formula is C24H21ClF4N2O4S. The average Bonchev–Trinajstić information content (AvgIpc) is 2.81. The van der Waals surface area contributed by atoms with Crippen LogP contribution in [0.3, 0.4) is 0 Å². The Hall–Kier alpha value is -3.31. The second kappa shape index (κ2) is 11.2. The van der Waals surface area contributed by atoms with Crippen molar-refractivity contribution in [2.75, 3.05) is 23.7 Å². The van der Waals surface area contributed by atoms with Crippen molar-refractivity contribution < 1.29 is 35.5 Å². The maximum atomic E-state index is 13.1. The molecule has 1 amide bonds. The first-order valence-corrected chi connectivity index (χ1v) is 12.7. The first-order valence-electron chi connectivity index (χ1n) is 10.4. The van der Waals surface area contributed by atoms with E-state index in [1.165, 1.54) is 48.5 Å². The van der Waals surface area contributed by atoms with Crippen LogP contribution in [0.5, 0.6) is 5.75 Å². The number of nitrogens with one attached hydrogen (secondary N) is 1. The Morgan fingerprint density at radius 3 is 2.25 bits per heavy atom. The lowest BCUT2D eigenvalue weighted by Gasteiger charge is -2.24. The quantitative estimate of drug-likeness (QED) is 0.294. The van der Waals surface area contributed by atoms with Crippen LogP contribution < -0.4 is 14.4 Å². The van der Waals surface area contributed by atoms with E-state index in [0.29, 0.717) is 17.4 Å². The summed E-state index contributed by atoms with van der Waals surface area (Å²) in [5, 5.41) is 2.49. The molecule has 0 radical (unpaired) electrons. The molecule has 6 nitrogen and oxygen atoms in total. The third-order valence-electron chi connectivity index (χ3n) is 4.95. The lowest BCUT2D eigenvalue weighted by Crippen LogP contribution is -2.30. The van der Waals surface area contributed by atoms with Crippen LogP contribution in [-0.2, 0) is 22.7 Å². The summed E-state index contributed by atoms with van der Waals surface area (Å²) in [5.41, 5.74) is -0.642. The first kappa shape index (κ1) is 27.3. The Labute approximate surface area is 210 Å². The fourth-order valence-electron chi connectivity index (χ4n) is 3.15. The molecule has 1 N–H and O–H groups in total. The first-order chi connectivity index (χ1) is 16.8. The topological polar surface area (TPSA) is 75.7 Å². The van der Waals surface area contributed by atoms with Crippen molar-refractivity contribution in [3.05, 3.63) is 94.3 Å². The van der Waals surface area contributed by atoms with Gasteiger partial charge >= 0.3 is 6.18 Å². The summed E-state index contributed by atoms with van der Waals surface area (Å²) in [4.78, 5) is 12.3. The number of rotatable bonds is 9. The van der Waals surface area contributed by atoms with Gasteiger partial charge in [0.25, 0.3) is 5.91 Å². The zero-order valence-electron chi connectivity index (χ0n) is 18.9. The highest BCUT2D eigenvalue weighted by molar-refractivity contribution is 7.92. The smallest absolute Gasteiger partial charge is 0.416 e. The van der Waals surface area contributed by atoms with Crippen molar-refractivity contribution >= 4 is 33.2 Å². The van der Waals surface area contributed by atoms with Crippen molar-refractivity contribution in [1.29, 1.82) is 0 Å². The number of alkyl halides is 3. The number of carbonyl (C=O) groups is 1. The second-order valence-electron chi connectivity index (χ2n) is 7.69. The van der Waals surface area contributed by atoms with E-state index in [-0.39, 0.29) is 36.0 Å². The van der Waals surface area contributed by atoms with E-state index in [4.69, 9.17) is 16.3 Å². The lowest BCUT2D eigenvalue weighted by atomic mass is 10.1. The molecule has 0 spiro atoms. The van der Waals surface area contributed by atoms with E-state index < -0.39 is 33.5 Å². The summed E-state index contributed by atoms with van der Waals surface area (Å²) < 4.78 is 83.3. The monoisotopic (exact) mass is 544 g/mol. The highest BCUT2D eigenvalue weighted by atomic mass is 35.5. The van der Waals surface area contributed by atoms with E-state index in [0.717, 1.165) is 22.7 Å². The number of anilines is 1. The minimum atomic E-state index is -4.68. The van der Waals surface area contributed by atoms with Crippen LogP contribution in [-0.4, -0.2) is 33.7 Å². The van der Waals surface area contributed by atoms with Gasteiger partial charge in [-0.05, 0) is 60.2 Å². The second-order valence-corrected chi connectivity index (χ2v) is 10.0. The van der Waals surface area contributed by atoms with E-state index in [2.05, 4.69) is 5.32 Å². The highest BCUT2D eigenvalue weighted by Gasteiger charge is 2.32. The highest BCUT2D eigenvalue weighted by Crippen LogP contribution is 2.36. The van der Waals surface area contributed by atoms with Gasteiger partial charge in [-0.15, -0.1) is 0 Å². The van der Waals surface area contributed by atoms with Gasteiger partial charge in [0, 0.05) is 5.56 Å². The van der Waals surface area contributed by atoms with Crippen LogP contribution in [0.15, 0.2) is 66.7 Å². The summed E-state index contributed by atoms with van der Waals surface area (Å²) in [5.74, 6) is -0.354. The summed E-state index contributed by atoms with van der Waals surface area (Å²) in [6, 6.07) is 13.8. The predicted molar refractivity (Wildman–Crippen MR) is 128 cm³/mol. The summed E-state index contributed by atoms with van der Waals surface area (Å²) in [7, 11) is -4.00. The van der Waals surface area contributed by atoms with Gasteiger partial charge in [-0.1, -0.05) is 23.7 Å². The number of ether oxygens (including phenoxy) is 1. The van der Waals surface area contributed by atoms with Crippen LogP contribution in [0.1, 0.15) is 21.5 Å². The Bertz CT molecular complexity index is 1320. The molecule has 0 saturated carbocycles. The van der Waals surface area contributed by atoms with Crippen molar-refractivity contribution in [1.82, 2.24) is 5.32 Å². The molecule has 0 unspecified atom stereocenters. The Balaban J connectivity index is 1.66. The molecule has 3 aromatic rings. The van der Waals surface area contributed by atoms with Gasteiger partial charge in [-0.2, -0.15) is 13.2 Å². The maximum absolute atomic E-state index is 13.1. The molecule has 0 saturated heterocycles. The normalized spacial score (nSPS) is 11.7. The van der Waals surface area contributed by atoms with Gasteiger partial charge in [0.05, 0.1) is 35.6 Å². The number of amides is 1. The van der Waals surface area contributed by atoms with Gasteiger partial charge in [0.15, 0.2) is 0 Å². The third kappa shape index (κ3) is 7.34. The number of benzene rings is 3. The number of sulfonamides is 1. The minimum absolute atomic E-state index is 0.149. The van der Waals surface area contributed by atoms with Crippen LogP contribution in [0, 0.1) is 5.82 Å². The minimum Gasteiger partial charge on any atom is -0.492 e.